The van der Waals surface area contributed by atoms with Gasteiger partial charge in [-0.15, -0.1) is 0 Å². The Balaban J connectivity index is 2.50. The highest BCUT2D eigenvalue weighted by Crippen LogP contribution is 2.06. The van der Waals surface area contributed by atoms with E-state index in [0.29, 0.717) is 5.56 Å². The van der Waals surface area contributed by atoms with Gasteiger partial charge in [-0.1, -0.05) is 6.92 Å². The number of nitrogens with one attached hydrogen (secondary N) is 1. The summed E-state index contributed by atoms with van der Waals surface area (Å²) in [6.07, 6.45) is 0.742. The average molecular weight is 199 g/mol. The predicted molar refractivity (Wildman–Crippen MR) is 53.0 cm³/mol. The molecule has 1 rings (SSSR count). The van der Waals surface area contributed by atoms with Crippen molar-refractivity contribution in [3.05, 3.63) is 22.4 Å². The first kappa shape index (κ1) is 10.2. The lowest BCUT2D eigenvalue weighted by Gasteiger charge is -2.12. The Morgan fingerprint density at radius 2 is 2.54 bits per heavy atom. The van der Waals surface area contributed by atoms with Crippen molar-refractivity contribution in [3.8, 4) is 0 Å². The van der Waals surface area contributed by atoms with Crippen LogP contribution in [0.15, 0.2) is 16.8 Å². The van der Waals surface area contributed by atoms with Gasteiger partial charge in [0.1, 0.15) is 0 Å². The van der Waals surface area contributed by atoms with Crippen LogP contribution in [0.5, 0.6) is 0 Å². The first-order chi connectivity index (χ1) is 6.27. The Morgan fingerprint density at radius 3 is 3.00 bits per heavy atom. The molecule has 0 saturated carbocycles. The molecular formula is C9H13NO2S. The highest BCUT2D eigenvalue weighted by molar-refractivity contribution is 7.08. The second-order valence-corrected chi connectivity index (χ2v) is 3.55. The normalized spacial score (nSPS) is 12.5. The van der Waals surface area contributed by atoms with Crippen LogP contribution in [0.3, 0.4) is 0 Å². The molecule has 0 saturated heterocycles. The lowest BCUT2D eigenvalue weighted by molar-refractivity contribution is 0.0915. The van der Waals surface area contributed by atoms with Gasteiger partial charge in [0.05, 0.1) is 12.6 Å². The zero-order valence-electron chi connectivity index (χ0n) is 7.49. The Morgan fingerprint density at radius 1 is 1.77 bits per heavy atom. The van der Waals surface area contributed by atoms with Crippen molar-refractivity contribution in [1.82, 2.24) is 5.32 Å². The molecule has 4 heteroatoms. The van der Waals surface area contributed by atoms with Gasteiger partial charge in [-0.05, 0) is 17.9 Å². The Hall–Kier alpha value is -0.870. The number of aliphatic hydroxyl groups excluding tert-OH is 1. The lowest BCUT2D eigenvalue weighted by Crippen LogP contribution is -2.36. The SMILES string of the molecule is CC[C@@H](CO)NC(=O)c1ccsc1. The summed E-state index contributed by atoms with van der Waals surface area (Å²) in [6, 6.07) is 1.64. The number of carbonyl (C=O) groups excluding carboxylic acids is 1. The van der Waals surface area contributed by atoms with Crippen molar-refractivity contribution in [1.29, 1.82) is 0 Å². The van der Waals surface area contributed by atoms with Gasteiger partial charge in [0.15, 0.2) is 0 Å². The zero-order chi connectivity index (χ0) is 9.68. The molecule has 0 aliphatic heterocycles. The monoisotopic (exact) mass is 199 g/mol. The summed E-state index contributed by atoms with van der Waals surface area (Å²) < 4.78 is 0. The van der Waals surface area contributed by atoms with E-state index in [0.717, 1.165) is 6.42 Å². The standard InChI is InChI=1S/C9H13NO2S/c1-2-8(5-11)10-9(12)7-3-4-13-6-7/h3-4,6,8,11H,2,5H2,1H3,(H,10,12)/t8-/m0/s1. The van der Waals surface area contributed by atoms with Crippen LogP contribution in [0.2, 0.25) is 0 Å². The molecule has 1 atom stereocenters. The van der Waals surface area contributed by atoms with E-state index < -0.39 is 0 Å². The summed E-state index contributed by atoms with van der Waals surface area (Å²) in [5.74, 6) is -0.109. The van der Waals surface area contributed by atoms with Crippen LogP contribution in [0.1, 0.15) is 23.7 Å². The van der Waals surface area contributed by atoms with Crippen LogP contribution in [-0.2, 0) is 0 Å². The number of thiophene rings is 1. The van der Waals surface area contributed by atoms with Gasteiger partial charge < -0.3 is 10.4 Å². The number of carbonyl (C=O) groups is 1. The second-order valence-electron chi connectivity index (χ2n) is 2.77. The molecule has 0 aromatic carbocycles. The summed E-state index contributed by atoms with van der Waals surface area (Å²) in [7, 11) is 0. The van der Waals surface area contributed by atoms with Gasteiger partial charge in [0, 0.05) is 10.9 Å². The molecule has 1 aromatic heterocycles. The third-order valence-electron chi connectivity index (χ3n) is 1.83. The van der Waals surface area contributed by atoms with Crippen LogP contribution in [-0.4, -0.2) is 23.7 Å². The minimum absolute atomic E-state index is 0.00756. The maximum absolute atomic E-state index is 11.4. The largest absolute Gasteiger partial charge is 0.394 e. The van der Waals surface area contributed by atoms with E-state index in [2.05, 4.69) is 5.32 Å². The third-order valence-corrected chi connectivity index (χ3v) is 2.52. The summed E-state index contributed by atoms with van der Waals surface area (Å²) >= 11 is 1.49. The molecule has 1 heterocycles. The number of hydrogen-bond donors (Lipinski definition) is 2. The molecule has 1 aromatic rings. The van der Waals surface area contributed by atoms with Gasteiger partial charge in [0.2, 0.25) is 0 Å². The van der Waals surface area contributed by atoms with Gasteiger partial charge in [-0.25, -0.2) is 0 Å². The van der Waals surface area contributed by atoms with Crippen LogP contribution < -0.4 is 5.32 Å². The van der Waals surface area contributed by atoms with Gasteiger partial charge in [0.25, 0.3) is 5.91 Å². The van der Waals surface area contributed by atoms with Crippen molar-refractivity contribution in [3.63, 3.8) is 0 Å². The molecule has 2 N–H and O–H groups in total. The number of hydrogen-bond acceptors (Lipinski definition) is 3. The number of aliphatic hydroxyl groups is 1. The van der Waals surface area contributed by atoms with E-state index in [-0.39, 0.29) is 18.6 Å². The molecule has 0 bridgehead atoms. The van der Waals surface area contributed by atoms with Gasteiger partial charge >= 0.3 is 0 Å². The minimum Gasteiger partial charge on any atom is -0.394 e. The molecule has 0 unspecified atom stereocenters. The van der Waals surface area contributed by atoms with E-state index in [1.807, 2.05) is 12.3 Å². The van der Waals surface area contributed by atoms with E-state index >= 15 is 0 Å². The zero-order valence-corrected chi connectivity index (χ0v) is 8.30. The first-order valence-electron chi connectivity index (χ1n) is 4.21. The quantitative estimate of drug-likeness (QED) is 0.766. The number of rotatable bonds is 4. The molecule has 72 valence electrons. The summed E-state index contributed by atoms with van der Waals surface area (Å²) in [5, 5.41) is 15.2. The van der Waals surface area contributed by atoms with E-state index in [1.165, 1.54) is 11.3 Å². The highest BCUT2D eigenvalue weighted by atomic mass is 32.1. The van der Waals surface area contributed by atoms with Crippen molar-refractivity contribution in [2.24, 2.45) is 0 Å². The summed E-state index contributed by atoms with van der Waals surface area (Å²) in [6.45, 7) is 1.92. The van der Waals surface area contributed by atoms with Crippen molar-refractivity contribution >= 4 is 17.2 Å². The molecule has 0 aliphatic rings. The fourth-order valence-corrected chi connectivity index (χ4v) is 1.58. The minimum atomic E-state index is -0.132. The summed E-state index contributed by atoms with van der Waals surface area (Å²) in [5.41, 5.74) is 0.664. The second kappa shape index (κ2) is 4.99. The third kappa shape index (κ3) is 2.82. The van der Waals surface area contributed by atoms with Crippen molar-refractivity contribution in [2.45, 2.75) is 19.4 Å². The van der Waals surface area contributed by atoms with Crippen LogP contribution >= 0.6 is 11.3 Å². The predicted octanol–water partition coefficient (Wildman–Crippen LogP) is 1.25. The van der Waals surface area contributed by atoms with Crippen LogP contribution in [0.4, 0.5) is 0 Å². The average Bonchev–Trinajstić information content (AvgIpc) is 2.66. The molecule has 0 aliphatic carbocycles. The fourth-order valence-electron chi connectivity index (χ4n) is 0.939. The molecule has 0 radical (unpaired) electrons. The van der Waals surface area contributed by atoms with Gasteiger partial charge in [-0.2, -0.15) is 11.3 Å². The maximum Gasteiger partial charge on any atom is 0.252 e. The Bertz CT molecular complexity index is 255. The fraction of sp³-hybridized carbons (Fsp3) is 0.444. The summed E-state index contributed by atoms with van der Waals surface area (Å²) in [4.78, 5) is 11.4. The molecule has 3 nitrogen and oxygen atoms in total. The van der Waals surface area contributed by atoms with Crippen LogP contribution in [0, 0.1) is 0 Å². The van der Waals surface area contributed by atoms with Crippen LogP contribution in [0.25, 0.3) is 0 Å². The number of amides is 1. The first-order valence-corrected chi connectivity index (χ1v) is 5.16. The molecular weight excluding hydrogens is 186 g/mol. The molecule has 13 heavy (non-hydrogen) atoms. The lowest BCUT2D eigenvalue weighted by atomic mass is 10.2. The molecule has 0 spiro atoms. The van der Waals surface area contributed by atoms with E-state index in [9.17, 15) is 4.79 Å². The maximum atomic E-state index is 11.4. The van der Waals surface area contributed by atoms with E-state index in [1.54, 1.807) is 11.4 Å². The van der Waals surface area contributed by atoms with Gasteiger partial charge in [-0.3, -0.25) is 4.79 Å². The van der Waals surface area contributed by atoms with Crippen molar-refractivity contribution in [2.75, 3.05) is 6.61 Å². The Labute approximate surface area is 81.4 Å². The topological polar surface area (TPSA) is 49.3 Å². The van der Waals surface area contributed by atoms with E-state index in [4.69, 9.17) is 5.11 Å². The Kier molecular flexibility index (Phi) is 3.92. The van der Waals surface area contributed by atoms with Crippen molar-refractivity contribution < 1.29 is 9.90 Å². The molecule has 1 amide bonds. The highest BCUT2D eigenvalue weighted by Gasteiger charge is 2.10. The molecule has 0 fully saturated rings. The smallest absolute Gasteiger partial charge is 0.252 e.